The number of ether oxygens (including phenoxy) is 3. The molecule has 1 atom stereocenters. The molecule has 2 rings (SSSR count). The minimum atomic E-state index is -0.478. The number of hydrogen-bond donors (Lipinski definition) is 2. The van der Waals surface area contributed by atoms with Gasteiger partial charge in [-0.25, -0.2) is 0 Å². The molecule has 0 fully saturated rings. The van der Waals surface area contributed by atoms with Gasteiger partial charge in [0.15, 0.2) is 11.5 Å². The second kappa shape index (κ2) is 5.86. The average Bonchev–Trinajstić information content (AvgIpc) is 2.76. The van der Waals surface area contributed by atoms with Crippen LogP contribution in [0.4, 0.5) is 0 Å². The first-order valence-electron chi connectivity index (χ1n) is 5.58. The molecule has 1 aliphatic heterocycles. The maximum Gasteiger partial charge on any atom is 0.231 e. The molecule has 94 valence electrons. The zero-order valence-electron chi connectivity index (χ0n) is 9.81. The van der Waals surface area contributed by atoms with Crippen LogP contribution in [0.3, 0.4) is 0 Å². The lowest BCUT2D eigenvalue weighted by molar-refractivity contribution is 0.0297. The van der Waals surface area contributed by atoms with Gasteiger partial charge in [0.2, 0.25) is 6.79 Å². The van der Waals surface area contributed by atoms with Gasteiger partial charge in [0.1, 0.15) is 0 Å². The van der Waals surface area contributed by atoms with E-state index in [1.807, 2.05) is 18.2 Å². The predicted molar refractivity (Wildman–Crippen MR) is 62.2 cm³/mol. The van der Waals surface area contributed by atoms with E-state index in [-0.39, 0.29) is 6.79 Å². The van der Waals surface area contributed by atoms with Crippen LogP contribution in [0.15, 0.2) is 18.2 Å². The first-order valence-corrected chi connectivity index (χ1v) is 5.58. The topological polar surface area (TPSA) is 60.0 Å². The molecule has 17 heavy (non-hydrogen) atoms. The third kappa shape index (κ3) is 3.33. The summed E-state index contributed by atoms with van der Waals surface area (Å²) in [7, 11) is 1.79. The van der Waals surface area contributed by atoms with E-state index in [1.165, 1.54) is 0 Å². The second-order valence-corrected chi connectivity index (χ2v) is 3.91. The van der Waals surface area contributed by atoms with Gasteiger partial charge in [0, 0.05) is 6.54 Å². The van der Waals surface area contributed by atoms with Crippen molar-refractivity contribution in [2.45, 2.75) is 12.7 Å². The molecule has 0 saturated heterocycles. The Balaban J connectivity index is 1.79. The molecule has 0 radical (unpaired) electrons. The molecule has 0 saturated carbocycles. The third-order valence-electron chi connectivity index (χ3n) is 2.46. The zero-order valence-corrected chi connectivity index (χ0v) is 9.81. The summed E-state index contributed by atoms with van der Waals surface area (Å²) in [4.78, 5) is 0. The van der Waals surface area contributed by atoms with E-state index >= 15 is 0 Å². The Morgan fingerprint density at radius 3 is 3.06 bits per heavy atom. The molecule has 0 amide bonds. The van der Waals surface area contributed by atoms with E-state index in [9.17, 15) is 5.11 Å². The van der Waals surface area contributed by atoms with Gasteiger partial charge in [-0.1, -0.05) is 6.07 Å². The number of fused-ring (bicyclic) bond motifs is 1. The quantitative estimate of drug-likeness (QED) is 0.757. The summed E-state index contributed by atoms with van der Waals surface area (Å²) in [5, 5.41) is 12.3. The molecule has 2 N–H and O–H groups in total. The first-order chi connectivity index (χ1) is 8.29. The second-order valence-electron chi connectivity index (χ2n) is 3.91. The maximum absolute atomic E-state index is 9.45. The molecule has 0 bridgehead atoms. The molecular formula is C12H17NO4. The monoisotopic (exact) mass is 239 g/mol. The van der Waals surface area contributed by atoms with Crippen LogP contribution in [0.2, 0.25) is 0 Å². The van der Waals surface area contributed by atoms with Crippen LogP contribution in [0.1, 0.15) is 5.56 Å². The van der Waals surface area contributed by atoms with Crippen molar-refractivity contribution >= 4 is 0 Å². The van der Waals surface area contributed by atoms with E-state index in [4.69, 9.17) is 14.2 Å². The molecule has 5 nitrogen and oxygen atoms in total. The number of likely N-dealkylation sites (N-methyl/N-ethyl adjacent to an activating group) is 1. The van der Waals surface area contributed by atoms with E-state index < -0.39 is 6.10 Å². The van der Waals surface area contributed by atoms with E-state index in [1.54, 1.807) is 7.05 Å². The lowest BCUT2D eigenvalue weighted by Crippen LogP contribution is -2.27. The molecule has 1 aliphatic rings. The largest absolute Gasteiger partial charge is 0.454 e. The zero-order chi connectivity index (χ0) is 12.1. The van der Waals surface area contributed by atoms with Gasteiger partial charge in [-0.2, -0.15) is 0 Å². The Morgan fingerprint density at radius 1 is 1.41 bits per heavy atom. The maximum atomic E-state index is 9.45. The van der Waals surface area contributed by atoms with Crippen LogP contribution in [0.25, 0.3) is 0 Å². The summed E-state index contributed by atoms with van der Waals surface area (Å²) < 4.78 is 15.9. The third-order valence-corrected chi connectivity index (χ3v) is 2.46. The van der Waals surface area contributed by atoms with E-state index in [2.05, 4.69) is 5.32 Å². The van der Waals surface area contributed by atoms with Gasteiger partial charge in [0.05, 0.1) is 19.3 Å². The van der Waals surface area contributed by atoms with Crippen LogP contribution >= 0.6 is 0 Å². The highest BCUT2D eigenvalue weighted by Crippen LogP contribution is 2.32. The summed E-state index contributed by atoms with van der Waals surface area (Å²) >= 11 is 0. The fourth-order valence-electron chi connectivity index (χ4n) is 1.64. The summed E-state index contributed by atoms with van der Waals surface area (Å²) in [5.41, 5.74) is 1.01. The minimum absolute atomic E-state index is 0.278. The molecule has 1 aromatic rings. The summed E-state index contributed by atoms with van der Waals surface area (Å²) in [6, 6.07) is 5.69. The lowest BCUT2D eigenvalue weighted by atomic mass is 10.2. The van der Waals surface area contributed by atoms with Gasteiger partial charge in [-0.3, -0.25) is 0 Å². The molecule has 0 aliphatic carbocycles. The van der Waals surface area contributed by atoms with Crippen LogP contribution in [-0.4, -0.2) is 38.2 Å². The molecule has 5 heteroatoms. The fraction of sp³-hybridized carbons (Fsp3) is 0.500. The molecule has 1 unspecified atom stereocenters. The van der Waals surface area contributed by atoms with Crippen molar-refractivity contribution in [1.29, 1.82) is 0 Å². The summed E-state index contributed by atoms with van der Waals surface area (Å²) in [6.07, 6.45) is -0.478. The molecular weight excluding hydrogens is 222 g/mol. The molecule has 1 heterocycles. The predicted octanol–water partition coefficient (Wildman–Crippen LogP) is 0.512. The number of benzene rings is 1. The van der Waals surface area contributed by atoms with Gasteiger partial charge >= 0.3 is 0 Å². The van der Waals surface area contributed by atoms with E-state index in [0.717, 1.165) is 17.1 Å². The van der Waals surface area contributed by atoms with Gasteiger partial charge in [-0.05, 0) is 24.7 Å². The van der Waals surface area contributed by atoms with Crippen LogP contribution in [0.5, 0.6) is 11.5 Å². The van der Waals surface area contributed by atoms with Gasteiger partial charge < -0.3 is 24.6 Å². The Kier molecular flexibility index (Phi) is 4.19. The Bertz CT molecular complexity index is 370. The minimum Gasteiger partial charge on any atom is -0.454 e. The Labute approximate surface area is 100 Å². The van der Waals surface area contributed by atoms with Crippen molar-refractivity contribution in [3.05, 3.63) is 23.8 Å². The van der Waals surface area contributed by atoms with Gasteiger partial charge in [0.25, 0.3) is 0 Å². The Morgan fingerprint density at radius 2 is 2.24 bits per heavy atom. The van der Waals surface area contributed by atoms with Crippen molar-refractivity contribution in [1.82, 2.24) is 5.32 Å². The summed E-state index contributed by atoms with van der Waals surface area (Å²) in [6.45, 7) is 1.58. The van der Waals surface area contributed by atoms with Crippen LogP contribution in [-0.2, 0) is 11.3 Å². The van der Waals surface area contributed by atoms with Crippen molar-refractivity contribution < 1.29 is 19.3 Å². The van der Waals surface area contributed by atoms with Crippen molar-refractivity contribution in [3.8, 4) is 11.5 Å². The molecule has 1 aromatic carbocycles. The fourth-order valence-corrected chi connectivity index (χ4v) is 1.64. The number of hydrogen-bond acceptors (Lipinski definition) is 5. The molecule has 0 aromatic heterocycles. The SMILES string of the molecule is CNCC(O)COCc1ccc2c(c1)OCO2. The highest BCUT2D eigenvalue weighted by atomic mass is 16.7. The number of nitrogens with one attached hydrogen (secondary N) is 1. The van der Waals surface area contributed by atoms with E-state index in [0.29, 0.717) is 19.8 Å². The molecule has 0 spiro atoms. The average molecular weight is 239 g/mol. The van der Waals surface area contributed by atoms with Crippen LogP contribution in [0, 0.1) is 0 Å². The lowest BCUT2D eigenvalue weighted by Gasteiger charge is -2.10. The standard InChI is InChI=1S/C12H17NO4/c1-13-5-10(14)7-15-6-9-2-3-11-12(4-9)17-8-16-11/h2-4,10,13-14H,5-8H2,1H3. The van der Waals surface area contributed by atoms with Crippen molar-refractivity contribution in [2.75, 3.05) is 27.0 Å². The van der Waals surface area contributed by atoms with Crippen molar-refractivity contribution in [2.24, 2.45) is 0 Å². The highest BCUT2D eigenvalue weighted by molar-refractivity contribution is 5.44. The number of aliphatic hydroxyl groups is 1. The number of rotatable bonds is 6. The Hall–Kier alpha value is -1.30. The first kappa shape index (κ1) is 12.2. The highest BCUT2D eigenvalue weighted by Gasteiger charge is 2.13. The number of aliphatic hydroxyl groups excluding tert-OH is 1. The summed E-state index contributed by atoms with van der Waals surface area (Å²) in [5.74, 6) is 1.52. The normalized spacial score (nSPS) is 14.9. The smallest absolute Gasteiger partial charge is 0.231 e. The van der Waals surface area contributed by atoms with Crippen molar-refractivity contribution in [3.63, 3.8) is 0 Å². The van der Waals surface area contributed by atoms with Gasteiger partial charge in [-0.15, -0.1) is 0 Å². The van der Waals surface area contributed by atoms with Crippen LogP contribution < -0.4 is 14.8 Å².